The van der Waals surface area contributed by atoms with Gasteiger partial charge in [-0.15, -0.1) is 0 Å². The minimum atomic E-state index is -0.362. The zero-order chi connectivity index (χ0) is 14.5. The van der Waals surface area contributed by atoms with Crippen molar-refractivity contribution in [1.82, 2.24) is 0 Å². The Bertz CT molecular complexity index is 589. The molecule has 0 aromatic heterocycles. The molecule has 5 heteroatoms. The number of benzene rings is 2. The smallest absolute Gasteiger partial charge is 0.337 e. The van der Waals surface area contributed by atoms with Gasteiger partial charge < -0.3 is 9.47 Å². The summed E-state index contributed by atoms with van der Waals surface area (Å²) in [6, 6.07) is 12.0. The van der Waals surface area contributed by atoms with Gasteiger partial charge in [-0.05, 0) is 35.9 Å². The molecule has 20 heavy (non-hydrogen) atoms. The van der Waals surface area contributed by atoms with E-state index in [1.165, 1.54) is 7.11 Å². The van der Waals surface area contributed by atoms with E-state index in [9.17, 15) is 4.79 Å². The van der Waals surface area contributed by atoms with Crippen molar-refractivity contribution >= 4 is 29.2 Å². The molecule has 0 aliphatic heterocycles. The number of carbonyl (C=O) groups is 1. The summed E-state index contributed by atoms with van der Waals surface area (Å²) in [5.41, 5.74) is 1.43. The summed E-state index contributed by atoms with van der Waals surface area (Å²) in [6.45, 7) is 0.359. The van der Waals surface area contributed by atoms with Gasteiger partial charge >= 0.3 is 5.97 Å². The van der Waals surface area contributed by atoms with Crippen molar-refractivity contribution in [1.29, 1.82) is 0 Å². The first-order chi connectivity index (χ1) is 9.58. The number of hydrogen-bond acceptors (Lipinski definition) is 3. The van der Waals surface area contributed by atoms with Crippen molar-refractivity contribution < 1.29 is 14.3 Å². The molecule has 0 bridgehead atoms. The lowest BCUT2D eigenvalue weighted by Crippen LogP contribution is -2.02. The van der Waals surface area contributed by atoms with Crippen molar-refractivity contribution in [2.45, 2.75) is 6.61 Å². The van der Waals surface area contributed by atoms with Gasteiger partial charge in [-0.1, -0.05) is 35.3 Å². The van der Waals surface area contributed by atoms with Crippen LogP contribution < -0.4 is 4.74 Å². The highest BCUT2D eigenvalue weighted by Crippen LogP contribution is 2.24. The predicted octanol–water partition coefficient (Wildman–Crippen LogP) is 4.36. The third-order valence-corrected chi connectivity index (χ3v) is 3.05. The summed E-state index contributed by atoms with van der Waals surface area (Å²) >= 11 is 11.8. The lowest BCUT2D eigenvalue weighted by atomic mass is 10.1. The Kier molecular flexibility index (Phi) is 4.88. The van der Waals surface area contributed by atoms with E-state index < -0.39 is 0 Å². The predicted molar refractivity (Wildman–Crippen MR) is 78.6 cm³/mol. The highest BCUT2D eigenvalue weighted by Gasteiger charge is 2.05. The van der Waals surface area contributed by atoms with E-state index in [-0.39, 0.29) is 5.97 Å². The molecule has 0 saturated heterocycles. The molecule has 0 spiro atoms. The van der Waals surface area contributed by atoms with Crippen LogP contribution in [0, 0.1) is 0 Å². The number of esters is 1. The Morgan fingerprint density at radius 2 is 1.65 bits per heavy atom. The Labute approximate surface area is 127 Å². The SMILES string of the molecule is COC(=O)c1ccc(COc2cc(Cl)cc(Cl)c2)cc1. The molecular weight excluding hydrogens is 299 g/mol. The lowest BCUT2D eigenvalue weighted by Gasteiger charge is -2.08. The molecule has 0 N–H and O–H groups in total. The van der Waals surface area contributed by atoms with E-state index >= 15 is 0 Å². The Morgan fingerprint density at radius 1 is 1.05 bits per heavy atom. The summed E-state index contributed by atoms with van der Waals surface area (Å²) in [5, 5.41) is 1.04. The second-order valence-corrected chi connectivity index (χ2v) is 4.96. The van der Waals surface area contributed by atoms with Gasteiger partial charge in [0.1, 0.15) is 12.4 Å². The first kappa shape index (κ1) is 14.7. The molecule has 2 aromatic carbocycles. The highest BCUT2D eigenvalue weighted by molar-refractivity contribution is 6.34. The number of methoxy groups -OCH3 is 1. The number of halogens is 2. The topological polar surface area (TPSA) is 35.5 Å². The van der Waals surface area contributed by atoms with Crippen LogP contribution in [-0.4, -0.2) is 13.1 Å². The first-order valence-corrected chi connectivity index (χ1v) is 6.60. The second kappa shape index (κ2) is 6.64. The van der Waals surface area contributed by atoms with Crippen molar-refractivity contribution in [3.05, 3.63) is 63.6 Å². The van der Waals surface area contributed by atoms with Gasteiger partial charge in [0.25, 0.3) is 0 Å². The molecule has 2 aromatic rings. The van der Waals surface area contributed by atoms with E-state index in [1.54, 1.807) is 42.5 Å². The molecule has 0 aliphatic carbocycles. The Morgan fingerprint density at radius 3 is 2.20 bits per heavy atom. The van der Waals surface area contributed by atoms with Crippen LogP contribution in [0.2, 0.25) is 10.0 Å². The fourth-order valence-electron chi connectivity index (χ4n) is 1.63. The molecule has 0 amide bonds. The summed E-state index contributed by atoms with van der Waals surface area (Å²) in [6.07, 6.45) is 0. The second-order valence-electron chi connectivity index (χ2n) is 4.08. The number of carbonyl (C=O) groups excluding carboxylic acids is 1. The van der Waals surface area contributed by atoms with Gasteiger partial charge in [0.15, 0.2) is 0 Å². The standard InChI is InChI=1S/C15H12Cl2O3/c1-19-15(18)11-4-2-10(3-5-11)9-20-14-7-12(16)6-13(17)8-14/h2-8H,9H2,1H3. The van der Waals surface area contributed by atoms with E-state index in [0.29, 0.717) is 28.0 Å². The third-order valence-electron chi connectivity index (χ3n) is 2.62. The minimum absolute atomic E-state index is 0.359. The number of rotatable bonds is 4. The fourth-order valence-corrected chi connectivity index (χ4v) is 2.14. The monoisotopic (exact) mass is 310 g/mol. The maximum atomic E-state index is 11.3. The molecule has 3 nitrogen and oxygen atoms in total. The van der Waals surface area contributed by atoms with Gasteiger partial charge in [-0.3, -0.25) is 0 Å². The van der Waals surface area contributed by atoms with Crippen molar-refractivity contribution in [2.75, 3.05) is 7.11 Å². The molecule has 0 radical (unpaired) electrons. The zero-order valence-corrected chi connectivity index (χ0v) is 12.2. The molecule has 0 fully saturated rings. The van der Waals surface area contributed by atoms with Crippen LogP contribution in [0.25, 0.3) is 0 Å². The summed E-state index contributed by atoms with van der Waals surface area (Å²) < 4.78 is 10.2. The van der Waals surface area contributed by atoms with Crippen LogP contribution in [0.15, 0.2) is 42.5 Å². The average molecular weight is 311 g/mol. The van der Waals surface area contributed by atoms with E-state index in [4.69, 9.17) is 27.9 Å². The van der Waals surface area contributed by atoms with Crippen LogP contribution in [-0.2, 0) is 11.3 Å². The average Bonchev–Trinajstić information content (AvgIpc) is 2.44. The molecule has 104 valence electrons. The van der Waals surface area contributed by atoms with Gasteiger partial charge in [-0.2, -0.15) is 0 Å². The van der Waals surface area contributed by atoms with Crippen molar-refractivity contribution in [2.24, 2.45) is 0 Å². The number of ether oxygens (including phenoxy) is 2. The van der Waals surface area contributed by atoms with Crippen molar-refractivity contribution in [3.63, 3.8) is 0 Å². The minimum Gasteiger partial charge on any atom is -0.489 e. The van der Waals surface area contributed by atoms with Crippen LogP contribution in [0.5, 0.6) is 5.75 Å². The van der Waals surface area contributed by atoms with E-state index in [1.807, 2.05) is 0 Å². The van der Waals surface area contributed by atoms with E-state index in [0.717, 1.165) is 5.56 Å². The van der Waals surface area contributed by atoms with Crippen LogP contribution in [0.1, 0.15) is 15.9 Å². The quantitative estimate of drug-likeness (QED) is 0.787. The lowest BCUT2D eigenvalue weighted by molar-refractivity contribution is 0.0600. The normalized spacial score (nSPS) is 10.2. The number of hydrogen-bond donors (Lipinski definition) is 0. The maximum Gasteiger partial charge on any atom is 0.337 e. The molecule has 0 atom stereocenters. The summed E-state index contributed by atoms with van der Waals surface area (Å²) in [5.74, 6) is 0.235. The Balaban J connectivity index is 2.02. The Hall–Kier alpha value is -1.71. The van der Waals surface area contributed by atoms with Gasteiger partial charge in [-0.25, -0.2) is 4.79 Å². The van der Waals surface area contributed by atoms with E-state index in [2.05, 4.69) is 4.74 Å². The van der Waals surface area contributed by atoms with Gasteiger partial charge in [0.2, 0.25) is 0 Å². The maximum absolute atomic E-state index is 11.3. The van der Waals surface area contributed by atoms with Crippen LogP contribution >= 0.6 is 23.2 Å². The third kappa shape index (κ3) is 3.89. The zero-order valence-electron chi connectivity index (χ0n) is 10.7. The molecule has 2 rings (SSSR count). The van der Waals surface area contributed by atoms with Gasteiger partial charge in [0.05, 0.1) is 12.7 Å². The summed E-state index contributed by atoms with van der Waals surface area (Å²) in [7, 11) is 1.35. The van der Waals surface area contributed by atoms with Gasteiger partial charge in [0, 0.05) is 10.0 Å². The van der Waals surface area contributed by atoms with Crippen molar-refractivity contribution in [3.8, 4) is 5.75 Å². The summed E-state index contributed by atoms with van der Waals surface area (Å²) in [4.78, 5) is 11.3. The largest absolute Gasteiger partial charge is 0.489 e. The fraction of sp³-hybridized carbons (Fsp3) is 0.133. The first-order valence-electron chi connectivity index (χ1n) is 5.84. The molecule has 0 heterocycles. The molecular formula is C15H12Cl2O3. The van der Waals surface area contributed by atoms with Crippen LogP contribution in [0.3, 0.4) is 0 Å². The van der Waals surface area contributed by atoms with Crippen LogP contribution in [0.4, 0.5) is 0 Å². The molecule has 0 saturated carbocycles. The molecule has 0 aliphatic rings. The molecule has 0 unspecified atom stereocenters. The highest BCUT2D eigenvalue weighted by atomic mass is 35.5.